The van der Waals surface area contributed by atoms with Gasteiger partial charge in [-0.05, 0) is 69.6 Å². The Hall–Kier alpha value is -2.58. The Balaban J connectivity index is 1.57. The SMILES string of the molecule is COc1ccc([C@]23CC/C(=N\NS(=O)(=O)c4ccc(C)cc4)C[C@H]2N(C)CC3)cc1OC. The van der Waals surface area contributed by atoms with Gasteiger partial charge in [0, 0.05) is 23.6 Å². The van der Waals surface area contributed by atoms with Gasteiger partial charge in [-0.1, -0.05) is 23.8 Å². The second-order valence-electron chi connectivity index (χ2n) is 8.76. The van der Waals surface area contributed by atoms with Crippen molar-refractivity contribution in [3.8, 4) is 11.5 Å². The summed E-state index contributed by atoms with van der Waals surface area (Å²) in [6.07, 6.45) is 3.42. The molecule has 0 amide bonds. The lowest BCUT2D eigenvalue weighted by atomic mass is 9.65. The number of hydrogen-bond donors (Lipinski definition) is 1. The number of likely N-dealkylation sites (N-methyl/N-ethyl adjacent to an activating group) is 1. The predicted molar refractivity (Wildman–Crippen MR) is 125 cm³/mol. The summed E-state index contributed by atoms with van der Waals surface area (Å²) in [5.41, 5.74) is 3.13. The van der Waals surface area contributed by atoms with E-state index in [4.69, 9.17) is 9.47 Å². The lowest BCUT2D eigenvalue weighted by molar-refractivity contribution is 0.226. The molecule has 1 aliphatic heterocycles. The minimum absolute atomic E-state index is 0.0108. The van der Waals surface area contributed by atoms with E-state index in [0.717, 1.165) is 55.0 Å². The molecule has 4 rings (SSSR count). The smallest absolute Gasteiger partial charge is 0.276 e. The van der Waals surface area contributed by atoms with Crippen molar-refractivity contribution in [2.45, 2.75) is 49.0 Å². The van der Waals surface area contributed by atoms with Gasteiger partial charge in [-0.2, -0.15) is 13.5 Å². The molecule has 2 aromatic rings. The van der Waals surface area contributed by atoms with Gasteiger partial charge in [0.25, 0.3) is 10.0 Å². The standard InChI is InChI=1S/C24H31N3O4S/c1-17-5-8-20(9-6-17)32(28,29)26-25-19-11-12-24(13-14-27(2)23(24)16-19)18-7-10-21(30-3)22(15-18)31-4/h5-10,15,23,26H,11-14,16H2,1-4H3/b25-19+/t23-,24-/m1/s1. The van der Waals surface area contributed by atoms with Crippen molar-refractivity contribution in [3.05, 3.63) is 53.6 Å². The largest absolute Gasteiger partial charge is 0.493 e. The van der Waals surface area contributed by atoms with Crippen molar-refractivity contribution < 1.29 is 17.9 Å². The van der Waals surface area contributed by atoms with Crippen molar-refractivity contribution in [3.63, 3.8) is 0 Å². The molecule has 0 spiro atoms. The number of rotatable bonds is 6. The number of aryl methyl sites for hydroxylation is 1. The fourth-order valence-electron chi connectivity index (χ4n) is 5.08. The number of ether oxygens (including phenoxy) is 2. The average Bonchev–Trinajstić information content (AvgIpc) is 3.14. The summed E-state index contributed by atoms with van der Waals surface area (Å²) in [7, 11) is 1.75. The first-order valence-electron chi connectivity index (χ1n) is 10.9. The number of benzene rings is 2. The third-order valence-electron chi connectivity index (χ3n) is 6.98. The zero-order valence-corrected chi connectivity index (χ0v) is 19.9. The summed E-state index contributed by atoms with van der Waals surface area (Å²) in [5.74, 6) is 1.46. The molecule has 0 aromatic heterocycles. The molecule has 172 valence electrons. The Labute approximate surface area is 190 Å². The Morgan fingerprint density at radius 2 is 1.78 bits per heavy atom. The average molecular weight is 458 g/mol. The van der Waals surface area contributed by atoms with Crippen molar-refractivity contribution in [2.75, 3.05) is 27.8 Å². The van der Waals surface area contributed by atoms with Gasteiger partial charge in [0.15, 0.2) is 11.5 Å². The van der Waals surface area contributed by atoms with E-state index >= 15 is 0 Å². The highest BCUT2D eigenvalue weighted by Gasteiger charge is 2.50. The van der Waals surface area contributed by atoms with E-state index < -0.39 is 10.0 Å². The highest BCUT2D eigenvalue weighted by molar-refractivity contribution is 7.89. The second-order valence-corrected chi connectivity index (χ2v) is 10.4. The normalized spacial score (nSPS) is 24.9. The summed E-state index contributed by atoms with van der Waals surface area (Å²) < 4.78 is 36.2. The van der Waals surface area contributed by atoms with E-state index in [2.05, 4.69) is 34.0 Å². The lowest BCUT2D eigenvalue weighted by Gasteiger charge is -2.42. The number of likely N-dealkylation sites (tertiary alicyclic amines) is 1. The maximum Gasteiger partial charge on any atom is 0.276 e. The zero-order valence-electron chi connectivity index (χ0n) is 19.1. The number of hydrazone groups is 1. The van der Waals surface area contributed by atoms with Gasteiger partial charge in [-0.25, -0.2) is 4.83 Å². The molecule has 2 fully saturated rings. The van der Waals surface area contributed by atoms with Gasteiger partial charge < -0.3 is 14.4 Å². The molecule has 8 heteroatoms. The first kappa shape index (κ1) is 22.6. The zero-order chi connectivity index (χ0) is 22.9. The topological polar surface area (TPSA) is 80.2 Å². The van der Waals surface area contributed by atoms with Crippen LogP contribution in [0.2, 0.25) is 0 Å². The van der Waals surface area contributed by atoms with Gasteiger partial charge in [-0.15, -0.1) is 0 Å². The molecule has 1 saturated carbocycles. The van der Waals surface area contributed by atoms with Crippen molar-refractivity contribution >= 4 is 15.7 Å². The minimum atomic E-state index is -3.68. The third kappa shape index (κ3) is 4.09. The van der Waals surface area contributed by atoms with Crippen LogP contribution in [0.1, 0.15) is 36.8 Å². The van der Waals surface area contributed by atoms with Crippen LogP contribution in [-0.2, 0) is 15.4 Å². The van der Waals surface area contributed by atoms with Crippen LogP contribution in [0.3, 0.4) is 0 Å². The predicted octanol–water partition coefficient (Wildman–Crippen LogP) is 3.47. The number of hydrogen-bond acceptors (Lipinski definition) is 6. The molecule has 2 atom stereocenters. The maximum absolute atomic E-state index is 12.6. The van der Waals surface area contributed by atoms with Crippen LogP contribution in [0.15, 0.2) is 52.5 Å². The van der Waals surface area contributed by atoms with Crippen LogP contribution in [-0.4, -0.2) is 52.9 Å². The molecule has 2 aliphatic rings. The van der Waals surface area contributed by atoms with E-state index in [9.17, 15) is 8.42 Å². The van der Waals surface area contributed by atoms with Gasteiger partial charge in [0.1, 0.15) is 0 Å². The monoisotopic (exact) mass is 457 g/mol. The second kappa shape index (κ2) is 8.75. The van der Waals surface area contributed by atoms with Crippen molar-refractivity contribution in [1.82, 2.24) is 9.73 Å². The van der Waals surface area contributed by atoms with Gasteiger partial charge in [-0.3, -0.25) is 0 Å². The maximum atomic E-state index is 12.6. The Morgan fingerprint density at radius 3 is 2.47 bits per heavy atom. The fraction of sp³-hybridized carbons (Fsp3) is 0.458. The summed E-state index contributed by atoms with van der Waals surface area (Å²) in [5, 5.41) is 4.34. The lowest BCUT2D eigenvalue weighted by Crippen LogP contribution is -2.46. The third-order valence-corrected chi connectivity index (χ3v) is 8.21. The number of sulfonamides is 1. The molecule has 0 bridgehead atoms. The van der Waals surface area contributed by atoms with Crippen LogP contribution in [0.4, 0.5) is 0 Å². The first-order chi connectivity index (χ1) is 15.3. The fourth-order valence-corrected chi connectivity index (χ4v) is 5.93. The highest BCUT2D eigenvalue weighted by Crippen LogP contribution is 2.49. The summed E-state index contributed by atoms with van der Waals surface area (Å²) in [4.78, 5) is 5.03. The Kier molecular flexibility index (Phi) is 6.18. The van der Waals surface area contributed by atoms with E-state index in [-0.39, 0.29) is 16.4 Å². The number of fused-ring (bicyclic) bond motifs is 1. The molecule has 2 aromatic carbocycles. The van der Waals surface area contributed by atoms with Crippen molar-refractivity contribution in [1.29, 1.82) is 0 Å². The Bertz CT molecular complexity index is 1110. The van der Waals surface area contributed by atoms with Crippen LogP contribution in [0.25, 0.3) is 0 Å². The molecule has 7 nitrogen and oxygen atoms in total. The van der Waals surface area contributed by atoms with Crippen LogP contribution >= 0.6 is 0 Å². The van der Waals surface area contributed by atoms with Crippen molar-refractivity contribution in [2.24, 2.45) is 5.10 Å². The highest BCUT2D eigenvalue weighted by atomic mass is 32.2. The molecule has 32 heavy (non-hydrogen) atoms. The van der Waals surface area contributed by atoms with Gasteiger partial charge in [0.05, 0.1) is 19.1 Å². The molecular weight excluding hydrogens is 426 g/mol. The van der Waals surface area contributed by atoms with E-state index in [0.29, 0.717) is 0 Å². The minimum Gasteiger partial charge on any atom is -0.493 e. The first-order valence-corrected chi connectivity index (χ1v) is 12.3. The van der Waals surface area contributed by atoms with Gasteiger partial charge >= 0.3 is 0 Å². The molecule has 0 unspecified atom stereocenters. The summed E-state index contributed by atoms with van der Waals surface area (Å²) >= 11 is 0. The van der Waals surface area contributed by atoms with E-state index in [1.54, 1.807) is 38.5 Å². The van der Waals surface area contributed by atoms with E-state index in [1.807, 2.05) is 13.0 Å². The molecular formula is C24H31N3O4S. The number of nitrogens with zero attached hydrogens (tertiary/aromatic N) is 2. The van der Waals surface area contributed by atoms with E-state index in [1.165, 1.54) is 5.56 Å². The van der Waals surface area contributed by atoms with Crippen LogP contribution in [0, 0.1) is 6.92 Å². The molecule has 1 N–H and O–H groups in total. The van der Waals surface area contributed by atoms with Gasteiger partial charge in [0.2, 0.25) is 0 Å². The quantitative estimate of drug-likeness (QED) is 0.672. The summed E-state index contributed by atoms with van der Waals surface area (Å²) in [6, 6.07) is 13.2. The van der Waals surface area contributed by atoms with Crippen LogP contribution < -0.4 is 14.3 Å². The molecule has 1 heterocycles. The Morgan fingerprint density at radius 1 is 1.06 bits per heavy atom. The summed E-state index contributed by atoms with van der Waals surface area (Å²) in [6.45, 7) is 2.91. The molecule has 1 aliphatic carbocycles. The number of methoxy groups -OCH3 is 2. The van der Waals surface area contributed by atoms with Crippen LogP contribution in [0.5, 0.6) is 11.5 Å². The molecule has 0 radical (unpaired) electrons. The molecule has 1 saturated heterocycles. The number of nitrogens with one attached hydrogen (secondary N) is 1.